The number of hydrogen-bond acceptors (Lipinski definition) is 3. The summed E-state index contributed by atoms with van der Waals surface area (Å²) in [5.74, 6) is 0.668. The van der Waals surface area contributed by atoms with Gasteiger partial charge in [0.25, 0.3) is 5.91 Å². The molecule has 1 amide bonds. The molecule has 2 aliphatic rings. The van der Waals surface area contributed by atoms with E-state index in [4.69, 9.17) is 0 Å². The van der Waals surface area contributed by atoms with Crippen LogP contribution in [0.25, 0.3) is 11.1 Å². The Bertz CT molecular complexity index is 759. The first-order valence-corrected chi connectivity index (χ1v) is 9.74. The van der Waals surface area contributed by atoms with Crippen molar-refractivity contribution in [3.05, 3.63) is 42.2 Å². The Balaban J connectivity index is 1.37. The molecule has 5 heteroatoms. The Labute approximate surface area is 155 Å². The number of aromatic nitrogens is 2. The maximum Gasteiger partial charge on any atom is 0.251 e. The Hall–Kier alpha value is -2.14. The average molecular weight is 352 g/mol. The third kappa shape index (κ3) is 3.40. The molecule has 1 aromatic heterocycles. The van der Waals surface area contributed by atoms with Crippen molar-refractivity contribution in [2.24, 2.45) is 18.4 Å². The molecule has 2 aromatic rings. The van der Waals surface area contributed by atoms with E-state index < -0.39 is 0 Å². The van der Waals surface area contributed by atoms with Crippen LogP contribution in [-0.4, -0.2) is 35.3 Å². The molecule has 1 saturated carbocycles. The predicted octanol–water partition coefficient (Wildman–Crippen LogP) is 2.99. The van der Waals surface area contributed by atoms with Crippen molar-refractivity contribution in [1.29, 1.82) is 0 Å². The van der Waals surface area contributed by atoms with Crippen molar-refractivity contribution in [2.75, 3.05) is 19.6 Å². The molecule has 1 saturated heterocycles. The summed E-state index contributed by atoms with van der Waals surface area (Å²) < 4.78 is 1.79. The molecule has 1 aliphatic heterocycles. The minimum atomic E-state index is 0.0405. The van der Waals surface area contributed by atoms with E-state index in [2.05, 4.69) is 15.7 Å². The fraction of sp³-hybridized carbons (Fsp3) is 0.524. The van der Waals surface area contributed by atoms with E-state index in [-0.39, 0.29) is 5.91 Å². The molecule has 1 aliphatic carbocycles. The second-order valence-electron chi connectivity index (χ2n) is 7.89. The number of amides is 1. The number of carbonyl (C=O) groups excluding carboxylic acids is 1. The van der Waals surface area contributed by atoms with Gasteiger partial charge in [0.1, 0.15) is 0 Å². The van der Waals surface area contributed by atoms with E-state index in [1.54, 1.807) is 4.68 Å². The molecule has 1 unspecified atom stereocenters. The molecule has 1 aromatic carbocycles. The third-order valence-electron chi connectivity index (χ3n) is 6.39. The fourth-order valence-electron chi connectivity index (χ4n) is 4.81. The molecule has 5 nitrogen and oxygen atoms in total. The Kier molecular flexibility index (Phi) is 4.81. The molecule has 2 heterocycles. The molecular weight excluding hydrogens is 324 g/mol. The summed E-state index contributed by atoms with van der Waals surface area (Å²) in [6.45, 7) is 3.06. The number of nitrogens with one attached hydrogen (secondary N) is 2. The third-order valence-corrected chi connectivity index (χ3v) is 6.39. The summed E-state index contributed by atoms with van der Waals surface area (Å²) in [5.41, 5.74) is 3.34. The topological polar surface area (TPSA) is 59.0 Å². The number of rotatable bonds is 4. The summed E-state index contributed by atoms with van der Waals surface area (Å²) in [6.07, 6.45) is 10.2. The summed E-state index contributed by atoms with van der Waals surface area (Å²) in [4.78, 5) is 12.6. The first kappa shape index (κ1) is 17.3. The lowest BCUT2D eigenvalue weighted by molar-refractivity contribution is 0.0908. The van der Waals surface area contributed by atoms with Crippen molar-refractivity contribution in [1.82, 2.24) is 20.4 Å². The normalized spacial score (nSPS) is 21.8. The highest BCUT2D eigenvalue weighted by Crippen LogP contribution is 2.49. The highest BCUT2D eigenvalue weighted by atomic mass is 16.1. The first-order valence-electron chi connectivity index (χ1n) is 9.74. The van der Waals surface area contributed by atoms with Gasteiger partial charge in [-0.05, 0) is 67.8 Å². The molecule has 26 heavy (non-hydrogen) atoms. The van der Waals surface area contributed by atoms with Crippen LogP contribution in [0.2, 0.25) is 0 Å². The highest BCUT2D eigenvalue weighted by molar-refractivity contribution is 5.94. The lowest BCUT2D eigenvalue weighted by Crippen LogP contribution is -2.43. The standard InChI is InChI=1S/C21H28N4O/c1-25-15-18(13-24-25)16-4-6-17(7-5-16)20(26)23-14-19-3-2-8-21(19)9-11-22-12-10-21/h4-7,13,15,19,22H,2-3,8-12,14H2,1H3,(H,23,26). The van der Waals surface area contributed by atoms with Crippen molar-refractivity contribution in [3.8, 4) is 11.1 Å². The molecule has 2 fully saturated rings. The largest absolute Gasteiger partial charge is 0.352 e. The van der Waals surface area contributed by atoms with E-state index >= 15 is 0 Å². The quantitative estimate of drug-likeness (QED) is 0.889. The Morgan fingerprint density at radius 3 is 2.69 bits per heavy atom. The SMILES string of the molecule is Cn1cc(-c2ccc(C(=O)NCC3CCCC34CCNCC4)cc2)cn1. The lowest BCUT2D eigenvalue weighted by Gasteiger charge is -2.39. The van der Waals surface area contributed by atoms with Crippen LogP contribution >= 0.6 is 0 Å². The molecule has 2 N–H and O–H groups in total. The fourth-order valence-corrected chi connectivity index (χ4v) is 4.81. The van der Waals surface area contributed by atoms with Gasteiger partial charge in [0, 0.05) is 30.9 Å². The van der Waals surface area contributed by atoms with Gasteiger partial charge >= 0.3 is 0 Å². The zero-order valence-corrected chi connectivity index (χ0v) is 15.5. The minimum absolute atomic E-state index is 0.0405. The maximum atomic E-state index is 12.6. The van der Waals surface area contributed by atoms with E-state index in [0.29, 0.717) is 11.3 Å². The van der Waals surface area contributed by atoms with Crippen LogP contribution < -0.4 is 10.6 Å². The molecule has 138 valence electrons. The zero-order chi connectivity index (χ0) is 18.0. The van der Waals surface area contributed by atoms with Gasteiger partial charge in [-0.3, -0.25) is 9.48 Å². The summed E-state index contributed by atoms with van der Waals surface area (Å²) in [7, 11) is 1.91. The number of nitrogens with zero attached hydrogens (tertiary/aromatic N) is 2. The first-order chi connectivity index (χ1) is 12.7. The van der Waals surface area contributed by atoms with E-state index in [9.17, 15) is 4.79 Å². The van der Waals surface area contributed by atoms with Gasteiger partial charge in [-0.2, -0.15) is 5.10 Å². The summed E-state index contributed by atoms with van der Waals surface area (Å²) >= 11 is 0. The Morgan fingerprint density at radius 2 is 2.00 bits per heavy atom. The average Bonchev–Trinajstić information content (AvgIpc) is 3.27. The molecular formula is C21H28N4O. The van der Waals surface area contributed by atoms with Gasteiger partial charge in [0.05, 0.1) is 6.20 Å². The number of aryl methyl sites for hydroxylation is 1. The van der Waals surface area contributed by atoms with Gasteiger partial charge in [-0.25, -0.2) is 0 Å². The lowest BCUT2D eigenvalue weighted by atomic mass is 9.71. The predicted molar refractivity (Wildman–Crippen MR) is 103 cm³/mol. The highest BCUT2D eigenvalue weighted by Gasteiger charge is 2.43. The van der Waals surface area contributed by atoms with Crippen LogP contribution in [0.1, 0.15) is 42.5 Å². The zero-order valence-electron chi connectivity index (χ0n) is 15.5. The number of benzene rings is 1. The minimum Gasteiger partial charge on any atom is -0.352 e. The van der Waals surface area contributed by atoms with Crippen LogP contribution in [0.5, 0.6) is 0 Å². The van der Waals surface area contributed by atoms with E-state index in [0.717, 1.165) is 36.3 Å². The van der Waals surface area contributed by atoms with Gasteiger partial charge in [0.15, 0.2) is 0 Å². The maximum absolute atomic E-state index is 12.6. The van der Waals surface area contributed by atoms with Crippen molar-refractivity contribution in [2.45, 2.75) is 32.1 Å². The molecule has 4 rings (SSSR count). The van der Waals surface area contributed by atoms with Gasteiger partial charge in [-0.1, -0.05) is 18.6 Å². The summed E-state index contributed by atoms with van der Waals surface area (Å²) in [6, 6.07) is 7.81. The monoisotopic (exact) mass is 352 g/mol. The number of carbonyl (C=O) groups is 1. The van der Waals surface area contributed by atoms with E-state index in [1.807, 2.05) is 43.7 Å². The molecule has 1 spiro atoms. The van der Waals surface area contributed by atoms with Crippen LogP contribution in [0.3, 0.4) is 0 Å². The van der Waals surface area contributed by atoms with Gasteiger partial charge < -0.3 is 10.6 Å². The van der Waals surface area contributed by atoms with Crippen molar-refractivity contribution < 1.29 is 4.79 Å². The van der Waals surface area contributed by atoms with Crippen LogP contribution in [-0.2, 0) is 7.05 Å². The second kappa shape index (κ2) is 7.23. The van der Waals surface area contributed by atoms with Crippen molar-refractivity contribution >= 4 is 5.91 Å². The molecule has 0 bridgehead atoms. The molecule has 1 atom stereocenters. The van der Waals surface area contributed by atoms with Gasteiger partial charge in [0.2, 0.25) is 0 Å². The van der Waals surface area contributed by atoms with Gasteiger partial charge in [-0.15, -0.1) is 0 Å². The number of hydrogen-bond donors (Lipinski definition) is 2. The van der Waals surface area contributed by atoms with Crippen LogP contribution in [0.4, 0.5) is 0 Å². The van der Waals surface area contributed by atoms with Crippen LogP contribution in [0, 0.1) is 11.3 Å². The smallest absolute Gasteiger partial charge is 0.251 e. The Morgan fingerprint density at radius 1 is 1.23 bits per heavy atom. The van der Waals surface area contributed by atoms with E-state index in [1.165, 1.54) is 32.1 Å². The van der Waals surface area contributed by atoms with Crippen LogP contribution in [0.15, 0.2) is 36.7 Å². The number of piperidine rings is 1. The second-order valence-corrected chi connectivity index (χ2v) is 7.89. The molecule has 0 radical (unpaired) electrons. The summed E-state index contributed by atoms with van der Waals surface area (Å²) in [5, 5.41) is 10.9. The van der Waals surface area contributed by atoms with Crippen molar-refractivity contribution in [3.63, 3.8) is 0 Å².